The van der Waals surface area contributed by atoms with Crippen molar-refractivity contribution in [2.75, 3.05) is 0 Å². The van der Waals surface area contributed by atoms with E-state index in [2.05, 4.69) is 20.9 Å². The van der Waals surface area contributed by atoms with Crippen LogP contribution < -0.4 is 0 Å². The number of phenols is 1. The van der Waals surface area contributed by atoms with Gasteiger partial charge in [0.05, 0.1) is 0 Å². The highest BCUT2D eigenvalue weighted by Crippen LogP contribution is 2.31. The topological polar surface area (TPSA) is 33.1 Å². The number of phenolic OH excluding ortho intramolecular Hbond substituents is 1. The Labute approximate surface area is 88.3 Å². The van der Waals surface area contributed by atoms with E-state index in [0.29, 0.717) is 10.5 Å². The molecule has 0 amide bonds. The molecule has 1 aromatic carbocycles. The normalized spacial score (nSPS) is 10.6. The molecular formula is C9H5BrClNO. The van der Waals surface area contributed by atoms with Gasteiger partial charge in [-0.2, -0.15) is 0 Å². The van der Waals surface area contributed by atoms with Gasteiger partial charge in [0.2, 0.25) is 0 Å². The molecule has 66 valence electrons. The van der Waals surface area contributed by atoms with Gasteiger partial charge in [0, 0.05) is 21.4 Å². The molecule has 0 saturated heterocycles. The fourth-order valence-electron chi connectivity index (χ4n) is 1.16. The van der Waals surface area contributed by atoms with E-state index >= 15 is 0 Å². The van der Waals surface area contributed by atoms with E-state index in [1.54, 1.807) is 24.4 Å². The molecule has 2 aromatic rings. The molecule has 0 radical (unpaired) electrons. The first-order valence-electron chi connectivity index (χ1n) is 3.61. The Balaban J connectivity index is 2.92. The lowest BCUT2D eigenvalue weighted by molar-refractivity contribution is 0.481. The molecular weight excluding hydrogens is 253 g/mol. The van der Waals surface area contributed by atoms with E-state index < -0.39 is 0 Å². The van der Waals surface area contributed by atoms with E-state index in [0.717, 1.165) is 9.86 Å². The zero-order chi connectivity index (χ0) is 9.42. The molecule has 0 spiro atoms. The summed E-state index contributed by atoms with van der Waals surface area (Å²) in [5.74, 6) is 0.211. The highest BCUT2D eigenvalue weighted by molar-refractivity contribution is 9.10. The molecule has 1 heterocycles. The van der Waals surface area contributed by atoms with Crippen LogP contribution in [0.5, 0.6) is 5.75 Å². The number of hydrogen-bond donors (Lipinski definition) is 1. The highest BCUT2D eigenvalue weighted by Gasteiger charge is 2.04. The molecule has 2 nitrogen and oxygen atoms in total. The zero-order valence-electron chi connectivity index (χ0n) is 6.46. The lowest BCUT2D eigenvalue weighted by Crippen LogP contribution is -1.79. The summed E-state index contributed by atoms with van der Waals surface area (Å²) in [4.78, 5) is 3.89. The van der Waals surface area contributed by atoms with Crippen LogP contribution in [0.4, 0.5) is 0 Å². The number of aromatic hydroxyl groups is 1. The first-order chi connectivity index (χ1) is 6.18. The molecule has 0 saturated carbocycles. The molecule has 0 aliphatic rings. The van der Waals surface area contributed by atoms with E-state index in [1.807, 2.05) is 0 Å². The third-order valence-corrected chi connectivity index (χ3v) is 2.69. The van der Waals surface area contributed by atoms with Crippen LogP contribution >= 0.6 is 27.5 Å². The minimum Gasteiger partial charge on any atom is -0.507 e. The smallest absolute Gasteiger partial charge is 0.129 e. The minimum absolute atomic E-state index is 0.211. The summed E-state index contributed by atoms with van der Waals surface area (Å²) in [6, 6.07) is 5.09. The Bertz CT molecular complexity index is 472. The van der Waals surface area contributed by atoms with Crippen molar-refractivity contribution >= 4 is 38.3 Å². The van der Waals surface area contributed by atoms with Gasteiger partial charge in [-0.3, -0.25) is 0 Å². The number of hydrogen-bond acceptors (Lipinski definition) is 2. The van der Waals surface area contributed by atoms with Crippen LogP contribution in [0.1, 0.15) is 0 Å². The summed E-state index contributed by atoms with van der Waals surface area (Å²) >= 11 is 9.10. The van der Waals surface area contributed by atoms with E-state index in [9.17, 15) is 5.11 Å². The number of rotatable bonds is 0. The van der Waals surface area contributed by atoms with Crippen LogP contribution in [-0.2, 0) is 0 Å². The zero-order valence-corrected chi connectivity index (χ0v) is 8.80. The van der Waals surface area contributed by atoms with Crippen molar-refractivity contribution in [3.63, 3.8) is 0 Å². The lowest BCUT2D eigenvalue weighted by Gasteiger charge is -2.02. The third kappa shape index (κ3) is 1.49. The molecule has 0 unspecified atom stereocenters. The highest BCUT2D eigenvalue weighted by atomic mass is 79.9. The maximum Gasteiger partial charge on any atom is 0.129 e. The number of benzene rings is 1. The molecule has 0 atom stereocenters. The molecule has 0 aliphatic carbocycles. The third-order valence-electron chi connectivity index (χ3n) is 1.79. The second kappa shape index (κ2) is 3.16. The second-order valence-electron chi connectivity index (χ2n) is 2.62. The monoisotopic (exact) mass is 257 g/mol. The fraction of sp³-hybridized carbons (Fsp3) is 0. The molecule has 1 N–H and O–H groups in total. The van der Waals surface area contributed by atoms with Crippen LogP contribution in [0, 0.1) is 0 Å². The van der Waals surface area contributed by atoms with Crippen molar-refractivity contribution in [1.82, 2.24) is 4.98 Å². The van der Waals surface area contributed by atoms with E-state index in [-0.39, 0.29) is 5.75 Å². The van der Waals surface area contributed by atoms with Crippen LogP contribution in [0.15, 0.2) is 28.9 Å². The van der Waals surface area contributed by atoms with Crippen molar-refractivity contribution in [1.29, 1.82) is 0 Å². The van der Waals surface area contributed by atoms with Gasteiger partial charge in [-0.15, -0.1) is 0 Å². The van der Waals surface area contributed by atoms with Gasteiger partial charge in [0.15, 0.2) is 0 Å². The minimum atomic E-state index is 0.211. The predicted octanol–water partition coefficient (Wildman–Crippen LogP) is 3.36. The Kier molecular flexibility index (Phi) is 2.14. The van der Waals surface area contributed by atoms with Gasteiger partial charge < -0.3 is 5.11 Å². The first kappa shape index (κ1) is 8.78. The van der Waals surface area contributed by atoms with Crippen LogP contribution in [-0.4, -0.2) is 10.1 Å². The summed E-state index contributed by atoms with van der Waals surface area (Å²) in [6.45, 7) is 0. The van der Waals surface area contributed by atoms with Gasteiger partial charge in [-0.25, -0.2) is 4.98 Å². The number of halogens is 2. The first-order valence-corrected chi connectivity index (χ1v) is 4.78. The number of fused-ring (bicyclic) bond motifs is 1. The Morgan fingerprint density at radius 1 is 1.31 bits per heavy atom. The van der Waals surface area contributed by atoms with Crippen molar-refractivity contribution in [3.05, 3.63) is 34.0 Å². The van der Waals surface area contributed by atoms with Crippen molar-refractivity contribution < 1.29 is 5.11 Å². The Hall–Kier alpha value is -0.800. The quantitative estimate of drug-likeness (QED) is 0.735. The maximum absolute atomic E-state index is 9.48. The molecule has 0 bridgehead atoms. The Morgan fingerprint density at radius 3 is 2.85 bits per heavy atom. The van der Waals surface area contributed by atoms with Gasteiger partial charge in [-0.1, -0.05) is 27.5 Å². The lowest BCUT2D eigenvalue weighted by atomic mass is 10.2. The maximum atomic E-state index is 9.48. The summed E-state index contributed by atoms with van der Waals surface area (Å²) in [7, 11) is 0. The molecule has 0 fully saturated rings. The largest absolute Gasteiger partial charge is 0.507 e. The van der Waals surface area contributed by atoms with Crippen molar-refractivity contribution in [3.8, 4) is 5.75 Å². The summed E-state index contributed by atoms with van der Waals surface area (Å²) in [5.41, 5.74) is 0. The van der Waals surface area contributed by atoms with Crippen molar-refractivity contribution in [2.24, 2.45) is 0 Å². The molecule has 2 rings (SSSR count). The van der Waals surface area contributed by atoms with Gasteiger partial charge >= 0.3 is 0 Å². The van der Waals surface area contributed by atoms with Crippen LogP contribution in [0.2, 0.25) is 5.15 Å². The second-order valence-corrected chi connectivity index (χ2v) is 3.86. The molecule has 4 heteroatoms. The summed E-state index contributed by atoms with van der Waals surface area (Å²) in [6.07, 6.45) is 1.55. The molecule has 13 heavy (non-hydrogen) atoms. The van der Waals surface area contributed by atoms with Crippen LogP contribution in [0.25, 0.3) is 10.8 Å². The van der Waals surface area contributed by atoms with Gasteiger partial charge in [-0.05, 0) is 18.2 Å². The van der Waals surface area contributed by atoms with Gasteiger partial charge in [0.25, 0.3) is 0 Å². The number of aromatic nitrogens is 1. The SMILES string of the molecule is Oc1ccc(Br)c2cc(Cl)ncc12. The molecule has 0 aliphatic heterocycles. The number of nitrogens with zero attached hydrogens (tertiary/aromatic N) is 1. The fourth-order valence-corrected chi connectivity index (χ4v) is 1.78. The summed E-state index contributed by atoms with van der Waals surface area (Å²) < 4.78 is 0.893. The summed E-state index contributed by atoms with van der Waals surface area (Å²) in [5, 5.41) is 11.5. The van der Waals surface area contributed by atoms with E-state index in [4.69, 9.17) is 11.6 Å². The van der Waals surface area contributed by atoms with Gasteiger partial charge in [0.1, 0.15) is 10.9 Å². The Morgan fingerprint density at radius 2 is 2.08 bits per heavy atom. The average Bonchev–Trinajstić information content (AvgIpc) is 2.12. The van der Waals surface area contributed by atoms with Crippen LogP contribution in [0.3, 0.4) is 0 Å². The average molecular weight is 259 g/mol. The predicted molar refractivity (Wildman–Crippen MR) is 56.1 cm³/mol. The van der Waals surface area contributed by atoms with E-state index in [1.165, 1.54) is 0 Å². The molecule has 1 aromatic heterocycles. The van der Waals surface area contributed by atoms with Crippen molar-refractivity contribution in [2.45, 2.75) is 0 Å². The number of pyridine rings is 1. The standard InChI is InChI=1S/C9H5BrClNO/c10-7-1-2-8(13)6-4-12-9(11)3-5(6)7/h1-4,13H.